The maximum atomic E-state index is 13.5. The van der Waals surface area contributed by atoms with Crippen LogP contribution in [0.15, 0.2) is 12.3 Å². The topological polar surface area (TPSA) is 68.5 Å². The number of pyridine rings is 1. The lowest BCUT2D eigenvalue weighted by Crippen LogP contribution is -2.48. The van der Waals surface area contributed by atoms with E-state index < -0.39 is 0 Å². The number of aromatic nitrogens is 1. The lowest BCUT2D eigenvalue weighted by atomic mass is 9.74. The Morgan fingerprint density at radius 2 is 2.19 bits per heavy atom. The molecule has 1 aromatic rings. The third-order valence-electron chi connectivity index (χ3n) is 6.78. The molecule has 2 heterocycles. The molecule has 142 valence electrons. The van der Waals surface area contributed by atoms with E-state index in [4.69, 9.17) is 10.5 Å². The average molecular weight is 357 g/mol. The molecule has 0 bridgehead atoms. The van der Waals surface area contributed by atoms with Crippen LogP contribution in [0.2, 0.25) is 0 Å². The highest BCUT2D eigenvalue weighted by Gasteiger charge is 2.48. The zero-order valence-electron chi connectivity index (χ0n) is 16.0. The van der Waals surface area contributed by atoms with Crippen LogP contribution in [0.25, 0.3) is 0 Å². The largest absolute Gasteiger partial charge is 0.489 e. The molecule has 0 spiro atoms. The van der Waals surface area contributed by atoms with Crippen molar-refractivity contribution in [3.8, 4) is 5.75 Å². The van der Waals surface area contributed by atoms with Crippen LogP contribution < -0.4 is 10.5 Å². The smallest absolute Gasteiger partial charge is 0.229 e. The molecule has 4 rings (SSSR count). The Bertz CT molecular complexity index is 686. The number of rotatable bonds is 4. The third kappa shape index (κ3) is 3.11. The van der Waals surface area contributed by atoms with Crippen molar-refractivity contribution >= 4 is 5.91 Å². The molecule has 5 nitrogen and oxygen atoms in total. The summed E-state index contributed by atoms with van der Waals surface area (Å²) in [5.74, 6) is 1.46. The molecule has 3 aliphatic rings. The van der Waals surface area contributed by atoms with Crippen LogP contribution in [0.3, 0.4) is 0 Å². The molecule has 2 atom stereocenters. The maximum absolute atomic E-state index is 13.5. The minimum absolute atomic E-state index is 0.155. The first kappa shape index (κ1) is 17.8. The van der Waals surface area contributed by atoms with E-state index in [0.717, 1.165) is 62.1 Å². The van der Waals surface area contributed by atoms with Crippen LogP contribution in [0.4, 0.5) is 0 Å². The Kier molecular flexibility index (Phi) is 4.68. The van der Waals surface area contributed by atoms with Crippen LogP contribution in [0, 0.1) is 11.3 Å². The van der Waals surface area contributed by atoms with Gasteiger partial charge in [-0.25, -0.2) is 0 Å². The van der Waals surface area contributed by atoms with Crippen molar-refractivity contribution in [2.45, 2.75) is 77.5 Å². The van der Waals surface area contributed by atoms with Gasteiger partial charge < -0.3 is 15.4 Å². The van der Waals surface area contributed by atoms with Gasteiger partial charge in [-0.2, -0.15) is 0 Å². The SMILES string of the molecule is CC(C)[C@]1(C(=O)N2CCc3ncc(OC4CCC4)cc3C2)CC[C@@H](N)C1. The van der Waals surface area contributed by atoms with Gasteiger partial charge in [-0.3, -0.25) is 9.78 Å². The number of nitrogens with zero attached hydrogens (tertiary/aromatic N) is 2. The van der Waals surface area contributed by atoms with Gasteiger partial charge in [-0.05, 0) is 56.1 Å². The summed E-state index contributed by atoms with van der Waals surface area (Å²) in [5, 5.41) is 0. The van der Waals surface area contributed by atoms with Gasteiger partial charge >= 0.3 is 0 Å². The molecule has 2 saturated carbocycles. The number of carbonyl (C=O) groups is 1. The number of ether oxygens (including phenoxy) is 1. The highest BCUT2D eigenvalue weighted by Crippen LogP contribution is 2.45. The number of hydrogen-bond donors (Lipinski definition) is 1. The quantitative estimate of drug-likeness (QED) is 0.899. The molecular formula is C21H31N3O2. The number of fused-ring (bicyclic) bond motifs is 1. The van der Waals surface area contributed by atoms with E-state index in [-0.39, 0.29) is 17.4 Å². The lowest BCUT2D eigenvalue weighted by Gasteiger charge is -2.39. The summed E-state index contributed by atoms with van der Waals surface area (Å²) in [6.07, 6.45) is 9.23. The first-order valence-corrected chi connectivity index (χ1v) is 10.2. The Hall–Kier alpha value is -1.62. The van der Waals surface area contributed by atoms with Gasteiger partial charge in [-0.15, -0.1) is 0 Å². The first-order chi connectivity index (χ1) is 12.5. The van der Waals surface area contributed by atoms with E-state index in [1.807, 2.05) is 11.1 Å². The standard InChI is InChI=1S/C21H31N3O2/c1-14(2)21(8-6-16(22)11-21)20(25)24-9-7-19-15(13-24)10-18(12-23-19)26-17-4-3-5-17/h10,12,14,16-17H,3-9,11,13,22H2,1-2H3/t16-,21+/m1/s1. The molecular weight excluding hydrogens is 326 g/mol. The molecule has 2 aliphatic carbocycles. The van der Waals surface area contributed by atoms with Crippen molar-refractivity contribution in [1.29, 1.82) is 0 Å². The Balaban J connectivity index is 1.51. The Morgan fingerprint density at radius 3 is 2.81 bits per heavy atom. The van der Waals surface area contributed by atoms with E-state index in [1.54, 1.807) is 0 Å². The lowest BCUT2D eigenvalue weighted by molar-refractivity contribution is -0.145. The summed E-state index contributed by atoms with van der Waals surface area (Å²) in [6.45, 7) is 5.73. The molecule has 0 saturated heterocycles. The highest BCUT2D eigenvalue weighted by molar-refractivity contribution is 5.83. The van der Waals surface area contributed by atoms with E-state index in [0.29, 0.717) is 18.6 Å². The zero-order chi connectivity index (χ0) is 18.3. The Labute approximate surface area is 156 Å². The first-order valence-electron chi connectivity index (χ1n) is 10.2. The van der Waals surface area contributed by atoms with Crippen molar-refractivity contribution in [1.82, 2.24) is 9.88 Å². The minimum atomic E-state index is -0.287. The molecule has 1 aromatic heterocycles. The fourth-order valence-corrected chi connectivity index (χ4v) is 4.72. The summed E-state index contributed by atoms with van der Waals surface area (Å²) < 4.78 is 6.00. The highest BCUT2D eigenvalue weighted by atomic mass is 16.5. The molecule has 0 aromatic carbocycles. The second-order valence-corrected chi connectivity index (χ2v) is 8.74. The van der Waals surface area contributed by atoms with Gasteiger partial charge in [0.2, 0.25) is 5.91 Å². The van der Waals surface area contributed by atoms with E-state index in [9.17, 15) is 4.79 Å². The summed E-state index contributed by atoms with van der Waals surface area (Å²) in [5.41, 5.74) is 8.14. The van der Waals surface area contributed by atoms with E-state index >= 15 is 0 Å². The van der Waals surface area contributed by atoms with Gasteiger partial charge in [0.05, 0.1) is 17.7 Å². The zero-order valence-corrected chi connectivity index (χ0v) is 16.0. The third-order valence-corrected chi connectivity index (χ3v) is 6.78. The molecule has 1 amide bonds. The summed E-state index contributed by atoms with van der Waals surface area (Å²) >= 11 is 0. The van der Waals surface area contributed by atoms with Crippen molar-refractivity contribution in [2.75, 3.05) is 6.54 Å². The molecule has 0 radical (unpaired) electrons. The average Bonchev–Trinajstić information content (AvgIpc) is 3.00. The molecule has 5 heteroatoms. The van der Waals surface area contributed by atoms with Gasteiger partial charge in [0, 0.05) is 31.2 Å². The fourth-order valence-electron chi connectivity index (χ4n) is 4.72. The van der Waals surface area contributed by atoms with E-state index in [1.165, 1.54) is 6.42 Å². The van der Waals surface area contributed by atoms with Crippen LogP contribution >= 0.6 is 0 Å². The predicted octanol–water partition coefficient (Wildman–Crippen LogP) is 3.05. The molecule has 2 fully saturated rings. The summed E-state index contributed by atoms with van der Waals surface area (Å²) in [4.78, 5) is 20.1. The maximum Gasteiger partial charge on any atom is 0.229 e. The van der Waals surface area contributed by atoms with Crippen LogP contribution in [0.5, 0.6) is 5.75 Å². The monoisotopic (exact) mass is 357 g/mol. The van der Waals surface area contributed by atoms with Gasteiger partial charge in [-0.1, -0.05) is 13.8 Å². The number of nitrogens with two attached hydrogens (primary N) is 1. The van der Waals surface area contributed by atoms with Gasteiger partial charge in [0.25, 0.3) is 0 Å². The fraction of sp³-hybridized carbons (Fsp3) is 0.714. The van der Waals surface area contributed by atoms with Gasteiger partial charge in [0.1, 0.15) is 5.75 Å². The second kappa shape index (κ2) is 6.84. The minimum Gasteiger partial charge on any atom is -0.489 e. The van der Waals surface area contributed by atoms with Crippen molar-refractivity contribution in [3.05, 3.63) is 23.5 Å². The molecule has 0 unspecified atom stereocenters. The predicted molar refractivity (Wildman–Crippen MR) is 101 cm³/mol. The number of amides is 1. The molecule has 2 N–H and O–H groups in total. The van der Waals surface area contributed by atoms with Crippen molar-refractivity contribution in [3.63, 3.8) is 0 Å². The van der Waals surface area contributed by atoms with Crippen molar-refractivity contribution < 1.29 is 9.53 Å². The number of carbonyl (C=O) groups excluding carboxylic acids is 1. The number of hydrogen-bond acceptors (Lipinski definition) is 4. The van der Waals surface area contributed by atoms with Crippen molar-refractivity contribution in [2.24, 2.45) is 17.1 Å². The molecule has 26 heavy (non-hydrogen) atoms. The van der Waals surface area contributed by atoms with Crippen LogP contribution in [0.1, 0.15) is 63.6 Å². The summed E-state index contributed by atoms with van der Waals surface area (Å²) in [6, 6.07) is 2.25. The van der Waals surface area contributed by atoms with Crippen LogP contribution in [-0.2, 0) is 17.8 Å². The van der Waals surface area contributed by atoms with Gasteiger partial charge in [0.15, 0.2) is 0 Å². The molecule has 1 aliphatic heterocycles. The van der Waals surface area contributed by atoms with Crippen LogP contribution in [-0.4, -0.2) is 34.5 Å². The Morgan fingerprint density at radius 1 is 1.38 bits per heavy atom. The second-order valence-electron chi connectivity index (χ2n) is 8.74. The summed E-state index contributed by atoms with van der Waals surface area (Å²) in [7, 11) is 0. The normalized spacial score (nSPS) is 28.8. The van der Waals surface area contributed by atoms with E-state index in [2.05, 4.69) is 24.9 Å².